The number of nitrogens with zero attached hydrogens (tertiary/aromatic N) is 3. The van der Waals surface area contributed by atoms with Gasteiger partial charge < -0.3 is 9.84 Å². The van der Waals surface area contributed by atoms with Crippen LogP contribution in [0.3, 0.4) is 0 Å². The molecule has 1 aromatic carbocycles. The van der Waals surface area contributed by atoms with Crippen LogP contribution in [-0.2, 0) is 0 Å². The van der Waals surface area contributed by atoms with E-state index in [0.717, 1.165) is 0 Å². The standard InChI is InChI=1S/C11H10ClN3O3/c1-6-10(11(16)17)13-14-15(6)7-3-4-9(18-2)8(12)5-7/h3-5H,1-2H3,(H,16,17). The number of hydrogen-bond acceptors (Lipinski definition) is 4. The van der Waals surface area contributed by atoms with E-state index >= 15 is 0 Å². The Morgan fingerprint density at radius 3 is 2.72 bits per heavy atom. The molecule has 0 amide bonds. The maximum Gasteiger partial charge on any atom is 0.358 e. The van der Waals surface area contributed by atoms with E-state index < -0.39 is 5.97 Å². The first kappa shape index (κ1) is 12.4. The molecule has 6 nitrogen and oxygen atoms in total. The van der Waals surface area contributed by atoms with Crippen LogP contribution in [0.2, 0.25) is 5.02 Å². The molecule has 1 aromatic heterocycles. The fraction of sp³-hybridized carbons (Fsp3) is 0.182. The van der Waals surface area contributed by atoms with Gasteiger partial charge in [-0.2, -0.15) is 0 Å². The molecule has 0 atom stereocenters. The second-order valence-corrected chi connectivity index (χ2v) is 3.97. The van der Waals surface area contributed by atoms with Gasteiger partial charge in [-0.3, -0.25) is 0 Å². The highest BCUT2D eigenvalue weighted by Gasteiger charge is 2.16. The molecular weight excluding hydrogens is 258 g/mol. The van der Waals surface area contributed by atoms with Crippen LogP contribution in [0.25, 0.3) is 5.69 Å². The zero-order valence-electron chi connectivity index (χ0n) is 9.72. The number of benzene rings is 1. The van der Waals surface area contributed by atoms with Gasteiger partial charge in [0.25, 0.3) is 0 Å². The minimum atomic E-state index is -1.11. The zero-order chi connectivity index (χ0) is 13.3. The second kappa shape index (κ2) is 4.66. The van der Waals surface area contributed by atoms with Crippen LogP contribution < -0.4 is 4.74 Å². The molecule has 0 spiro atoms. The van der Waals surface area contributed by atoms with Gasteiger partial charge in [0.05, 0.1) is 23.5 Å². The average Bonchev–Trinajstić information content (AvgIpc) is 2.71. The highest BCUT2D eigenvalue weighted by molar-refractivity contribution is 6.32. The number of methoxy groups -OCH3 is 1. The molecule has 1 heterocycles. The molecule has 2 rings (SSSR count). The quantitative estimate of drug-likeness (QED) is 0.919. The Labute approximate surface area is 108 Å². The summed E-state index contributed by atoms with van der Waals surface area (Å²) in [5.41, 5.74) is 0.976. The lowest BCUT2D eigenvalue weighted by atomic mass is 10.3. The van der Waals surface area contributed by atoms with E-state index in [2.05, 4.69) is 10.3 Å². The molecule has 0 fully saturated rings. The number of aromatic carboxylic acids is 1. The largest absolute Gasteiger partial charge is 0.495 e. The maximum atomic E-state index is 10.9. The van der Waals surface area contributed by atoms with Gasteiger partial charge in [0.2, 0.25) is 0 Å². The molecule has 0 radical (unpaired) electrons. The Balaban J connectivity index is 2.49. The molecule has 1 N–H and O–H groups in total. The van der Waals surface area contributed by atoms with Crippen LogP contribution in [0, 0.1) is 6.92 Å². The Bertz CT molecular complexity index is 610. The predicted molar refractivity (Wildman–Crippen MR) is 64.6 cm³/mol. The van der Waals surface area contributed by atoms with E-state index in [-0.39, 0.29) is 5.69 Å². The van der Waals surface area contributed by atoms with Crippen LogP contribution >= 0.6 is 11.6 Å². The predicted octanol–water partition coefficient (Wildman–Crippen LogP) is 1.94. The number of aromatic nitrogens is 3. The summed E-state index contributed by atoms with van der Waals surface area (Å²) in [5, 5.41) is 16.7. The lowest BCUT2D eigenvalue weighted by molar-refractivity contribution is 0.0689. The number of ether oxygens (including phenoxy) is 1. The summed E-state index contributed by atoms with van der Waals surface area (Å²) in [6.07, 6.45) is 0. The summed E-state index contributed by atoms with van der Waals surface area (Å²) in [4.78, 5) is 10.9. The molecule has 0 aliphatic rings. The van der Waals surface area contributed by atoms with Crippen molar-refractivity contribution < 1.29 is 14.6 Å². The number of carboxylic acids is 1. The highest BCUT2D eigenvalue weighted by atomic mass is 35.5. The molecule has 0 aliphatic carbocycles. The number of hydrogen-bond donors (Lipinski definition) is 1. The van der Waals surface area contributed by atoms with Crippen LogP contribution in [0.15, 0.2) is 18.2 Å². The minimum Gasteiger partial charge on any atom is -0.495 e. The summed E-state index contributed by atoms with van der Waals surface area (Å²) < 4.78 is 6.45. The molecular formula is C11H10ClN3O3. The number of rotatable bonds is 3. The molecule has 0 aliphatic heterocycles. The first-order valence-electron chi connectivity index (χ1n) is 5.04. The van der Waals surface area contributed by atoms with Gasteiger partial charge in [0.1, 0.15) is 5.75 Å². The van der Waals surface area contributed by atoms with Crippen LogP contribution in [0.1, 0.15) is 16.2 Å². The average molecular weight is 268 g/mol. The van der Waals surface area contributed by atoms with E-state index in [4.69, 9.17) is 21.4 Å². The van der Waals surface area contributed by atoms with Crippen molar-refractivity contribution in [1.29, 1.82) is 0 Å². The summed E-state index contributed by atoms with van der Waals surface area (Å²) in [6.45, 7) is 1.63. The van der Waals surface area contributed by atoms with Gasteiger partial charge in [0, 0.05) is 0 Å². The Morgan fingerprint density at radius 1 is 1.50 bits per heavy atom. The van der Waals surface area contributed by atoms with Gasteiger partial charge in [-0.05, 0) is 25.1 Å². The topological polar surface area (TPSA) is 77.2 Å². The van der Waals surface area contributed by atoms with Crippen LogP contribution in [0.5, 0.6) is 5.75 Å². The minimum absolute atomic E-state index is 0.0815. The highest BCUT2D eigenvalue weighted by Crippen LogP contribution is 2.26. The molecule has 94 valence electrons. The molecule has 0 bridgehead atoms. The first-order chi connectivity index (χ1) is 8.54. The van der Waals surface area contributed by atoms with E-state index in [1.54, 1.807) is 25.1 Å². The van der Waals surface area contributed by atoms with Gasteiger partial charge >= 0.3 is 5.97 Å². The van der Waals surface area contributed by atoms with E-state index in [1.165, 1.54) is 11.8 Å². The van der Waals surface area contributed by atoms with Crippen molar-refractivity contribution in [2.45, 2.75) is 6.92 Å². The van der Waals surface area contributed by atoms with Crippen molar-refractivity contribution in [3.05, 3.63) is 34.6 Å². The van der Waals surface area contributed by atoms with Gasteiger partial charge in [-0.25, -0.2) is 9.48 Å². The maximum absolute atomic E-state index is 10.9. The first-order valence-corrected chi connectivity index (χ1v) is 5.42. The van der Waals surface area contributed by atoms with E-state index in [9.17, 15) is 4.79 Å². The van der Waals surface area contributed by atoms with Crippen LogP contribution in [0.4, 0.5) is 0 Å². The summed E-state index contributed by atoms with van der Waals surface area (Å²) >= 11 is 6.00. The van der Waals surface area contributed by atoms with Gasteiger partial charge in [0.15, 0.2) is 5.69 Å². The monoisotopic (exact) mass is 267 g/mol. The molecule has 2 aromatic rings. The van der Waals surface area contributed by atoms with E-state index in [1.807, 2.05) is 0 Å². The lowest BCUT2D eigenvalue weighted by Crippen LogP contribution is -2.02. The normalized spacial score (nSPS) is 10.4. The molecule has 0 saturated carbocycles. The second-order valence-electron chi connectivity index (χ2n) is 3.56. The molecule has 7 heteroatoms. The smallest absolute Gasteiger partial charge is 0.358 e. The molecule has 0 saturated heterocycles. The van der Waals surface area contributed by atoms with Crippen molar-refractivity contribution in [2.75, 3.05) is 7.11 Å². The fourth-order valence-electron chi connectivity index (χ4n) is 1.56. The summed E-state index contributed by atoms with van der Waals surface area (Å²) in [5.74, 6) is -0.574. The van der Waals surface area contributed by atoms with Crippen molar-refractivity contribution in [2.24, 2.45) is 0 Å². The van der Waals surface area contributed by atoms with Crippen LogP contribution in [-0.4, -0.2) is 33.2 Å². The summed E-state index contributed by atoms with van der Waals surface area (Å²) in [6, 6.07) is 5.03. The van der Waals surface area contributed by atoms with Crippen molar-refractivity contribution in [3.63, 3.8) is 0 Å². The zero-order valence-corrected chi connectivity index (χ0v) is 10.5. The third-order valence-corrected chi connectivity index (χ3v) is 2.77. The fourth-order valence-corrected chi connectivity index (χ4v) is 1.81. The Hall–Kier alpha value is -2.08. The Morgan fingerprint density at radius 2 is 2.22 bits per heavy atom. The van der Waals surface area contributed by atoms with Crippen molar-refractivity contribution in [3.8, 4) is 11.4 Å². The lowest BCUT2D eigenvalue weighted by Gasteiger charge is -2.06. The molecule has 18 heavy (non-hydrogen) atoms. The van der Waals surface area contributed by atoms with Crippen molar-refractivity contribution in [1.82, 2.24) is 15.0 Å². The SMILES string of the molecule is COc1ccc(-n2nnc(C(=O)O)c2C)cc1Cl. The van der Waals surface area contributed by atoms with Gasteiger partial charge in [-0.15, -0.1) is 5.10 Å². The summed E-state index contributed by atoms with van der Waals surface area (Å²) in [7, 11) is 1.52. The number of carboxylic acid groups (broad SMARTS) is 1. The van der Waals surface area contributed by atoms with Gasteiger partial charge in [-0.1, -0.05) is 16.8 Å². The Kier molecular flexibility index (Phi) is 3.20. The third-order valence-electron chi connectivity index (χ3n) is 2.48. The van der Waals surface area contributed by atoms with Crippen molar-refractivity contribution >= 4 is 17.6 Å². The molecule has 0 unspecified atom stereocenters. The number of halogens is 1. The van der Waals surface area contributed by atoms with E-state index in [0.29, 0.717) is 22.2 Å². The number of carbonyl (C=O) groups is 1. The third kappa shape index (κ3) is 2.02.